The molecule has 0 atom stereocenters. The van der Waals surface area contributed by atoms with Crippen LogP contribution in [0.25, 0.3) is 22.0 Å². The van der Waals surface area contributed by atoms with Gasteiger partial charge in [0, 0.05) is 15.8 Å². The second kappa shape index (κ2) is 14.8. The number of unbranched alkanes of at least 4 members (excludes halogenated alkanes) is 11. The van der Waals surface area contributed by atoms with Crippen molar-refractivity contribution in [2.75, 3.05) is 0 Å². The molecule has 0 radical (unpaired) electrons. The molecular formula is C34H41NO2S. The molecule has 0 saturated carbocycles. The minimum Gasteiger partial charge on any atom is -0.507 e. The summed E-state index contributed by atoms with van der Waals surface area (Å²) < 4.78 is 0. The van der Waals surface area contributed by atoms with Crippen molar-refractivity contribution in [1.82, 2.24) is 4.98 Å². The highest BCUT2D eigenvalue weighted by atomic mass is 32.1. The van der Waals surface area contributed by atoms with E-state index in [1.165, 1.54) is 82.0 Å². The van der Waals surface area contributed by atoms with Gasteiger partial charge in [-0.1, -0.05) is 138 Å². The predicted octanol–water partition coefficient (Wildman–Crippen LogP) is 10.1. The third kappa shape index (κ3) is 7.54. The van der Waals surface area contributed by atoms with E-state index in [0.717, 1.165) is 34.4 Å². The lowest BCUT2D eigenvalue weighted by atomic mass is 10.0. The lowest BCUT2D eigenvalue weighted by Gasteiger charge is -2.05. The first-order chi connectivity index (χ1) is 18.7. The monoisotopic (exact) mass is 527 g/mol. The van der Waals surface area contributed by atoms with Gasteiger partial charge in [-0.25, -0.2) is 4.98 Å². The Labute approximate surface area is 232 Å². The Morgan fingerprint density at radius 2 is 1.34 bits per heavy atom. The summed E-state index contributed by atoms with van der Waals surface area (Å²) in [6.45, 7) is 2.27. The van der Waals surface area contributed by atoms with Crippen LogP contribution < -0.4 is 0 Å². The predicted molar refractivity (Wildman–Crippen MR) is 161 cm³/mol. The summed E-state index contributed by atoms with van der Waals surface area (Å²) in [5.41, 5.74) is 2.26. The van der Waals surface area contributed by atoms with Gasteiger partial charge in [-0.2, -0.15) is 0 Å². The normalized spacial score (nSPS) is 11.3. The minimum atomic E-state index is -0.212. The molecule has 0 unspecified atom stereocenters. The van der Waals surface area contributed by atoms with Gasteiger partial charge in [0.25, 0.3) is 0 Å². The fourth-order valence-electron chi connectivity index (χ4n) is 5.12. The van der Waals surface area contributed by atoms with E-state index in [1.807, 2.05) is 48.5 Å². The minimum absolute atomic E-state index is 0.0343. The van der Waals surface area contributed by atoms with Crippen LogP contribution in [0.15, 0.2) is 66.7 Å². The Morgan fingerprint density at radius 1 is 0.737 bits per heavy atom. The number of carbonyl (C=O) groups excluding carboxylic acids is 1. The molecule has 4 heteroatoms. The van der Waals surface area contributed by atoms with Gasteiger partial charge in [0.2, 0.25) is 5.78 Å². The first-order valence-corrected chi connectivity index (χ1v) is 15.3. The molecule has 200 valence electrons. The smallest absolute Gasteiger partial charge is 0.225 e. The van der Waals surface area contributed by atoms with Gasteiger partial charge >= 0.3 is 0 Å². The highest BCUT2D eigenvalue weighted by Gasteiger charge is 2.22. The number of aromatic nitrogens is 1. The summed E-state index contributed by atoms with van der Waals surface area (Å²) in [5, 5.41) is 12.9. The summed E-state index contributed by atoms with van der Waals surface area (Å²) in [7, 11) is 0. The van der Waals surface area contributed by atoms with Crippen LogP contribution in [-0.2, 0) is 6.42 Å². The van der Waals surface area contributed by atoms with Crippen LogP contribution in [0.4, 0.5) is 0 Å². The standard InChI is InChI=1S/C34H41NO2S/c1-2-3-4-5-6-7-8-9-10-11-12-16-23-30-31(27-20-14-13-15-21-27)35-34(38-30)33(37)29-25-24-26-19-17-18-22-28(26)32(29)36/h13-15,17-22,24-25,36H,2-12,16,23H2,1H3. The zero-order valence-corrected chi connectivity index (χ0v) is 23.6. The number of phenolic OH excluding ortho intramolecular Hbond substituents is 1. The number of ketones is 1. The summed E-state index contributed by atoms with van der Waals surface area (Å²) in [6, 6.07) is 21.3. The van der Waals surface area contributed by atoms with Crippen LogP contribution in [0.3, 0.4) is 0 Å². The molecule has 0 aliphatic carbocycles. The SMILES string of the molecule is CCCCCCCCCCCCCCc1sc(C(=O)c2ccc3ccccc3c2O)nc1-c1ccccc1. The van der Waals surface area contributed by atoms with Crippen molar-refractivity contribution in [3.8, 4) is 17.0 Å². The maximum absolute atomic E-state index is 13.5. The molecule has 1 aromatic heterocycles. The topological polar surface area (TPSA) is 50.2 Å². The van der Waals surface area contributed by atoms with Gasteiger partial charge in [-0.15, -0.1) is 11.3 Å². The average Bonchev–Trinajstić information content (AvgIpc) is 3.38. The van der Waals surface area contributed by atoms with E-state index in [-0.39, 0.29) is 11.5 Å². The van der Waals surface area contributed by atoms with Crippen LogP contribution >= 0.6 is 11.3 Å². The lowest BCUT2D eigenvalue weighted by molar-refractivity contribution is 0.103. The number of aryl methyl sites for hydroxylation is 1. The van der Waals surface area contributed by atoms with Gasteiger partial charge in [-0.05, 0) is 24.3 Å². The molecule has 0 spiro atoms. The van der Waals surface area contributed by atoms with E-state index in [9.17, 15) is 9.90 Å². The van der Waals surface area contributed by atoms with Crippen LogP contribution in [-0.4, -0.2) is 15.9 Å². The molecule has 0 saturated heterocycles. The number of carbonyl (C=O) groups is 1. The van der Waals surface area contributed by atoms with Gasteiger partial charge in [0.15, 0.2) is 5.01 Å². The number of phenols is 1. The number of rotatable bonds is 16. The maximum atomic E-state index is 13.5. The number of benzene rings is 3. The second-order valence-corrected chi connectivity index (χ2v) is 11.4. The largest absolute Gasteiger partial charge is 0.507 e. The van der Waals surface area contributed by atoms with Crippen molar-refractivity contribution in [2.24, 2.45) is 0 Å². The molecule has 4 rings (SSSR count). The van der Waals surface area contributed by atoms with Gasteiger partial charge in [0.1, 0.15) is 5.75 Å². The van der Waals surface area contributed by atoms with Crippen molar-refractivity contribution in [2.45, 2.75) is 90.4 Å². The van der Waals surface area contributed by atoms with E-state index in [1.54, 1.807) is 6.07 Å². The molecule has 0 amide bonds. The lowest BCUT2D eigenvalue weighted by Crippen LogP contribution is -2.01. The van der Waals surface area contributed by atoms with Crippen molar-refractivity contribution in [3.63, 3.8) is 0 Å². The Bertz CT molecular complexity index is 1290. The first kappa shape index (κ1) is 28.0. The van der Waals surface area contributed by atoms with E-state index >= 15 is 0 Å². The molecule has 0 fully saturated rings. The quantitative estimate of drug-likeness (QED) is 0.116. The summed E-state index contributed by atoms with van der Waals surface area (Å²) >= 11 is 1.48. The molecule has 3 aromatic carbocycles. The fraction of sp³-hybridized carbons (Fsp3) is 0.412. The maximum Gasteiger partial charge on any atom is 0.225 e. The van der Waals surface area contributed by atoms with Crippen LogP contribution in [0.5, 0.6) is 5.75 Å². The summed E-state index contributed by atoms with van der Waals surface area (Å²) in [5.74, 6) is -0.177. The first-order valence-electron chi connectivity index (χ1n) is 14.5. The van der Waals surface area contributed by atoms with Crippen LogP contribution in [0.1, 0.15) is 104 Å². The van der Waals surface area contributed by atoms with Gasteiger partial charge < -0.3 is 5.11 Å². The number of hydrogen-bond donors (Lipinski definition) is 1. The number of fused-ring (bicyclic) bond motifs is 1. The third-order valence-corrected chi connectivity index (χ3v) is 8.46. The fourth-order valence-corrected chi connectivity index (χ4v) is 6.20. The highest BCUT2D eigenvalue weighted by Crippen LogP contribution is 2.34. The van der Waals surface area contributed by atoms with Gasteiger partial charge in [-0.3, -0.25) is 4.79 Å². The van der Waals surface area contributed by atoms with Gasteiger partial charge in [0.05, 0.1) is 11.3 Å². The second-order valence-electron chi connectivity index (χ2n) is 10.3. The van der Waals surface area contributed by atoms with Crippen molar-refractivity contribution in [3.05, 3.63) is 82.2 Å². The van der Waals surface area contributed by atoms with E-state index < -0.39 is 0 Å². The molecule has 1 heterocycles. The van der Waals surface area contributed by atoms with Crippen molar-refractivity contribution >= 4 is 27.9 Å². The number of hydrogen-bond acceptors (Lipinski definition) is 4. The van der Waals surface area contributed by atoms with E-state index in [4.69, 9.17) is 4.98 Å². The summed E-state index contributed by atoms with van der Waals surface area (Å²) in [6.07, 6.45) is 16.8. The molecular weight excluding hydrogens is 486 g/mol. The molecule has 0 aliphatic heterocycles. The zero-order valence-electron chi connectivity index (χ0n) is 22.8. The zero-order chi connectivity index (χ0) is 26.6. The molecule has 4 aromatic rings. The number of aromatic hydroxyl groups is 1. The molecule has 38 heavy (non-hydrogen) atoms. The Morgan fingerprint density at radius 3 is 2.03 bits per heavy atom. The molecule has 0 bridgehead atoms. The summed E-state index contributed by atoms with van der Waals surface area (Å²) in [4.78, 5) is 19.4. The Hall–Kier alpha value is -2.98. The average molecular weight is 528 g/mol. The third-order valence-electron chi connectivity index (χ3n) is 7.34. The van der Waals surface area contributed by atoms with Crippen LogP contribution in [0.2, 0.25) is 0 Å². The highest BCUT2D eigenvalue weighted by molar-refractivity contribution is 7.14. The van der Waals surface area contributed by atoms with E-state index in [2.05, 4.69) is 19.1 Å². The molecule has 3 nitrogen and oxygen atoms in total. The Kier molecular flexibility index (Phi) is 10.9. The van der Waals surface area contributed by atoms with Crippen molar-refractivity contribution < 1.29 is 9.90 Å². The van der Waals surface area contributed by atoms with Crippen molar-refractivity contribution in [1.29, 1.82) is 0 Å². The molecule has 1 N–H and O–H groups in total. The number of thiazole rings is 1. The van der Waals surface area contributed by atoms with Crippen LogP contribution in [0, 0.1) is 0 Å². The Balaban J connectivity index is 1.36. The molecule has 0 aliphatic rings. The van der Waals surface area contributed by atoms with E-state index in [0.29, 0.717) is 16.0 Å². The number of nitrogens with zero attached hydrogens (tertiary/aromatic N) is 1.